The summed E-state index contributed by atoms with van der Waals surface area (Å²) in [6.45, 7) is 2.53. The molecular weight excluding hydrogens is 178 g/mol. The summed E-state index contributed by atoms with van der Waals surface area (Å²) >= 11 is 0. The van der Waals surface area contributed by atoms with Crippen molar-refractivity contribution in [3.63, 3.8) is 0 Å². The summed E-state index contributed by atoms with van der Waals surface area (Å²) in [5.41, 5.74) is 5.78. The lowest BCUT2D eigenvalue weighted by molar-refractivity contribution is 0.269. The molecule has 78 valence electrons. The van der Waals surface area contributed by atoms with Crippen molar-refractivity contribution in [3.8, 4) is 11.5 Å². The number of phenolic OH excluding ortho intramolecular Hbond substituents is 1. The Kier molecular flexibility index (Phi) is 4.26. The third-order valence-electron chi connectivity index (χ3n) is 1.98. The van der Waals surface area contributed by atoms with Crippen LogP contribution in [-0.4, -0.2) is 17.8 Å². The van der Waals surface area contributed by atoms with Crippen molar-refractivity contribution < 1.29 is 9.84 Å². The van der Waals surface area contributed by atoms with Gasteiger partial charge in [0.25, 0.3) is 0 Å². The minimum atomic E-state index is 0.0413. The standard InChI is InChI=1S/C11H17NO2/c1-2-5-9(12)8-14-11-7-4-3-6-10(11)13/h3-4,6-7,9,13H,2,5,8,12H2,1H3. The zero-order valence-electron chi connectivity index (χ0n) is 8.44. The molecular formula is C11H17NO2. The van der Waals surface area contributed by atoms with Crippen LogP contribution in [0.25, 0.3) is 0 Å². The fourth-order valence-corrected chi connectivity index (χ4v) is 1.23. The van der Waals surface area contributed by atoms with E-state index < -0.39 is 0 Å². The average Bonchev–Trinajstić information content (AvgIpc) is 2.17. The van der Waals surface area contributed by atoms with Gasteiger partial charge in [0.1, 0.15) is 6.61 Å². The largest absolute Gasteiger partial charge is 0.504 e. The number of hydrogen-bond acceptors (Lipinski definition) is 3. The minimum Gasteiger partial charge on any atom is -0.504 e. The predicted octanol–water partition coefficient (Wildman–Crippen LogP) is 1.90. The highest BCUT2D eigenvalue weighted by Crippen LogP contribution is 2.24. The summed E-state index contributed by atoms with van der Waals surface area (Å²) in [5, 5.41) is 9.39. The van der Waals surface area contributed by atoms with Crippen LogP contribution in [0.4, 0.5) is 0 Å². The van der Waals surface area contributed by atoms with Crippen molar-refractivity contribution in [1.29, 1.82) is 0 Å². The molecule has 1 aromatic rings. The molecule has 0 heterocycles. The smallest absolute Gasteiger partial charge is 0.160 e. The summed E-state index contributed by atoms with van der Waals surface area (Å²) in [7, 11) is 0. The summed E-state index contributed by atoms with van der Waals surface area (Å²) in [4.78, 5) is 0. The number of aromatic hydroxyl groups is 1. The second-order valence-electron chi connectivity index (χ2n) is 3.33. The van der Waals surface area contributed by atoms with E-state index in [9.17, 15) is 5.11 Å². The number of hydrogen-bond donors (Lipinski definition) is 2. The van der Waals surface area contributed by atoms with Gasteiger partial charge in [-0.3, -0.25) is 0 Å². The Morgan fingerprint density at radius 2 is 2.14 bits per heavy atom. The van der Waals surface area contributed by atoms with Gasteiger partial charge in [-0.2, -0.15) is 0 Å². The molecule has 0 aromatic heterocycles. The Bertz CT molecular complexity index is 276. The SMILES string of the molecule is CCCC(N)COc1ccccc1O. The van der Waals surface area contributed by atoms with E-state index in [-0.39, 0.29) is 11.8 Å². The van der Waals surface area contributed by atoms with Gasteiger partial charge in [-0.25, -0.2) is 0 Å². The molecule has 0 spiro atoms. The first-order chi connectivity index (χ1) is 6.74. The monoisotopic (exact) mass is 195 g/mol. The van der Waals surface area contributed by atoms with E-state index in [2.05, 4.69) is 6.92 Å². The van der Waals surface area contributed by atoms with E-state index >= 15 is 0 Å². The van der Waals surface area contributed by atoms with Crippen molar-refractivity contribution in [1.82, 2.24) is 0 Å². The van der Waals surface area contributed by atoms with Crippen molar-refractivity contribution in [2.45, 2.75) is 25.8 Å². The van der Waals surface area contributed by atoms with E-state index in [1.54, 1.807) is 18.2 Å². The van der Waals surface area contributed by atoms with Crippen molar-refractivity contribution in [2.24, 2.45) is 5.73 Å². The van der Waals surface area contributed by atoms with E-state index in [1.807, 2.05) is 6.07 Å². The third kappa shape index (κ3) is 3.26. The zero-order chi connectivity index (χ0) is 10.4. The lowest BCUT2D eigenvalue weighted by Crippen LogP contribution is -2.27. The molecule has 0 aliphatic heterocycles. The average molecular weight is 195 g/mol. The van der Waals surface area contributed by atoms with Gasteiger partial charge in [0.2, 0.25) is 0 Å². The number of rotatable bonds is 5. The van der Waals surface area contributed by atoms with Gasteiger partial charge in [0, 0.05) is 6.04 Å². The van der Waals surface area contributed by atoms with Gasteiger partial charge < -0.3 is 15.6 Å². The first-order valence-corrected chi connectivity index (χ1v) is 4.90. The van der Waals surface area contributed by atoms with Crippen molar-refractivity contribution in [2.75, 3.05) is 6.61 Å². The number of nitrogens with two attached hydrogens (primary N) is 1. The Balaban J connectivity index is 2.41. The quantitative estimate of drug-likeness (QED) is 0.754. The van der Waals surface area contributed by atoms with Crippen LogP contribution in [0.15, 0.2) is 24.3 Å². The van der Waals surface area contributed by atoms with Gasteiger partial charge in [-0.05, 0) is 18.6 Å². The third-order valence-corrected chi connectivity index (χ3v) is 1.98. The number of ether oxygens (including phenoxy) is 1. The highest BCUT2D eigenvalue weighted by molar-refractivity contribution is 5.37. The van der Waals surface area contributed by atoms with Gasteiger partial charge in [0.15, 0.2) is 11.5 Å². The van der Waals surface area contributed by atoms with Crippen LogP contribution in [0.5, 0.6) is 11.5 Å². The molecule has 1 unspecified atom stereocenters. The Morgan fingerprint density at radius 3 is 2.79 bits per heavy atom. The Morgan fingerprint density at radius 1 is 1.43 bits per heavy atom. The van der Waals surface area contributed by atoms with Gasteiger partial charge in [-0.15, -0.1) is 0 Å². The number of para-hydroxylation sites is 2. The maximum Gasteiger partial charge on any atom is 0.160 e. The molecule has 0 bridgehead atoms. The van der Waals surface area contributed by atoms with Crippen LogP contribution in [0.1, 0.15) is 19.8 Å². The maximum absolute atomic E-state index is 9.39. The zero-order valence-corrected chi connectivity index (χ0v) is 8.44. The highest BCUT2D eigenvalue weighted by atomic mass is 16.5. The Hall–Kier alpha value is -1.22. The molecule has 1 aromatic carbocycles. The molecule has 3 nitrogen and oxygen atoms in total. The fourth-order valence-electron chi connectivity index (χ4n) is 1.23. The highest BCUT2D eigenvalue weighted by Gasteiger charge is 2.04. The molecule has 3 N–H and O–H groups in total. The second-order valence-corrected chi connectivity index (χ2v) is 3.33. The second kappa shape index (κ2) is 5.50. The fraction of sp³-hybridized carbons (Fsp3) is 0.455. The predicted molar refractivity (Wildman–Crippen MR) is 56.5 cm³/mol. The first-order valence-electron chi connectivity index (χ1n) is 4.90. The normalized spacial score (nSPS) is 12.4. The lowest BCUT2D eigenvalue weighted by atomic mass is 10.2. The van der Waals surface area contributed by atoms with Gasteiger partial charge >= 0.3 is 0 Å². The summed E-state index contributed by atoms with van der Waals surface area (Å²) in [6, 6.07) is 6.95. The van der Waals surface area contributed by atoms with E-state index in [0.29, 0.717) is 12.4 Å². The molecule has 0 aliphatic carbocycles. The molecule has 0 amide bonds. The minimum absolute atomic E-state index is 0.0413. The first kappa shape index (κ1) is 10.9. The van der Waals surface area contributed by atoms with E-state index in [1.165, 1.54) is 0 Å². The van der Waals surface area contributed by atoms with Crippen LogP contribution < -0.4 is 10.5 Å². The molecule has 0 saturated heterocycles. The molecule has 3 heteroatoms. The number of benzene rings is 1. The molecule has 1 atom stereocenters. The molecule has 0 aliphatic rings. The maximum atomic E-state index is 9.39. The van der Waals surface area contributed by atoms with E-state index in [4.69, 9.17) is 10.5 Å². The van der Waals surface area contributed by atoms with Crippen LogP contribution in [0.2, 0.25) is 0 Å². The van der Waals surface area contributed by atoms with Crippen molar-refractivity contribution >= 4 is 0 Å². The van der Waals surface area contributed by atoms with Gasteiger partial charge in [-0.1, -0.05) is 25.5 Å². The molecule has 0 radical (unpaired) electrons. The summed E-state index contributed by atoms with van der Waals surface area (Å²) in [6.07, 6.45) is 1.99. The van der Waals surface area contributed by atoms with Crippen molar-refractivity contribution in [3.05, 3.63) is 24.3 Å². The molecule has 0 saturated carbocycles. The summed E-state index contributed by atoms with van der Waals surface area (Å²) in [5.74, 6) is 0.662. The number of phenols is 1. The Labute approximate surface area is 84.5 Å². The molecule has 1 rings (SSSR count). The lowest BCUT2D eigenvalue weighted by Gasteiger charge is -2.12. The van der Waals surface area contributed by atoms with Gasteiger partial charge in [0.05, 0.1) is 0 Å². The van der Waals surface area contributed by atoms with E-state index in [0.717, 1.165) is 12.8 Å². The topological polar surface area (TPSA) is 55.5 Å². The van der Waals surface area contributed by atoms with Crippen LogP contribution in [0.3, 0.4) is 0 Å². The van der Waals surface area contributed by atoms with Crippen LogP contribution in [-0.2, 0) is 0 Å². The summed E-state index contributed by atoms with van der Waals surface area (Å²) < 4.78 is 5.38. The molecule has 14 heavy (non-hydrogen) atoms. The van der Waals surface area contributed by atoms with Crippen LogP contribution in [0, 0.1) is 0 Å². The molecule has 0 fully saturated rings. The van der Waals surface area contributed by atoms with Crippen LogP contribution >= 0.6 is 0 Å².